The molecule has 1 saturated carbocycles. The minimum Gasteiger partial charge on any atom is -0.351 e. The number of aromatic nitrogens is 1. The van der Waals surface area contributed by atoms with E-state index in [1.165, 1.54) is 41.4 Å². The van der Waals surface area contributed by atoms with Crippen LogP contribution in [-0.4, -0.2) is 40.7 Å². The van der Waals surface area contributed by atoms with Crippen LogP contribution < -0.4 is 15.1 Å². The average molecular weight is 649 g/mol. The van der Waals surface area contributed by atoms with Gasteiger partial charge in [-0.05, 0) is 55.7 Å². The van der Waals surface area contributed by atoms with Crippen molar-refractivity contribution in [3.05, 3.63) is 88.3 Å². The SMILES string of the molecule is N#Cc1cc(F)cc(N(C(=O)C[C@@H]2CCC(=O)N2c2cc(C#N)ccn2)[C@H](C(=O)NC2CCC(F)(F)CC2)c2ccccc2Cl)c1. The zero-order chi connectivity index (χ0) is 33.0. The van der Waals surface area contributed by atoms with E-state index in [1.807, 2.05) is 12.1 Å². The number of hydrogen-bond donors (Lipinski definition) is 1. The molecule has 2 heterocycles. The third kappa shape index (κ3) is 7.13. The molecule has 0 radical (unpaired) electrons. The van der Waals surface area contributed by atoms with Crippen molar-refractivity contribution in [1.29, 1.82) is 10.5 Å². The summed E-state index contributed by atoms with van der Waals surface area (Å²) in [6.45, 7) is 0. The maximum absolute atomic E-state index is 14.9. The number of nitrogens with one attached hydrogen (secondary N) is 1. The summed E-state index contributed by atoms with van der Waals surface area (Å²) in [5.74, 6) is -5.26. The summed E-state index contributed by atoms with van der Waals surface area (Å²) in [7, 11) is 0. The summed E-state index contributed by atoms with van der Waals surface area (Å²) in [5.41, 5.74) is 0.214. The monoisotopic (exact) mass is 648 g/mol. The zero-order valence-electron chi connectivity index (χ0n) is 24.4. The number of nitrogens with zero attached hydrogens (tertiary/aromatic N) is 5. The number of carbonyl (C=O) groups excluding carboxylic acids is 3. The Balaban J connectivity index is 1.56. The van der Waals surface area contributed by atoms with Gasteiger partial charge in [-0.25, -0.2) is 18.2 Å². The molecule has 3 aromatic rings. The van der Waals surface area contributed by atoms with Crippen LogP contribution in [0.2, 0.25) is 5.02 Å². The lowest BCUT2D eigenvalue weighted by Crippen LogP contribution is -2.49. The quantitative estimate of drug-likeness (QED) is 0.320. The summed E-state index contributed by atoms with van der Waals surface area (Å²) in [6.07, 6.45) is 0.562. The van der Waals surface area contributed by atoms with E-state index < -0.39 is 54.5 Å². The van der Waals surface area contributed by atoms with Gasteiger partial charge in [-0.3, -0.25) is 24.2 Å². The molecule has 46 heavy (non-hydrogen) atoms. The highest BCUT2D eigenvalue weighted by Gasteiger charge is 2.41. The van der Waals surface area contributed by atoms with Crippen molar-refractivity contribution < 1.29 is 27.6 Å². The summed E-state index contributed by atoms with van der Waals surface area (Å²) in [6, 6.07) is 13.4. The lowest BCUT2D eigenvalue weighted by atomic mass is 9.91. The van der Waals surface area contributed by atoms with Crippen LogP contribution in [0.15, 0.2) is 60.8 Å². The molecule has 0 unspecified atom stereocenters. The third-order valence-electron chi connectivity index (χ3n) is 8.19. The number of amides is 3. The molecule has 13 heteroatoms. The zero-order valence-corrected chi connectivity index (χ0v) is 25.2. The summed E-state index contributed by atoms with van der Waals surface area (Å²) in [4.78, 5) is 48.1. The Morgan fingerprint density at radius 3 is 2.48 bits per heavy atom. The van der Waals surface area contributed by atoms with Gasteiger partial charge in [0.05, 0.1) is 23.3 Å². The van der Waals surface area contributed by atoms with Gasteiger partial charge < -0.3 is 5.32 Å². The molecule has 2 atom stereocenters. The molecule has 1 N–H and O–H groups in total. The minimum atomic E-state index is -2.84. The number of alkyl halides is 2. The Bertz CT molecular complexity index is 1750. The first-order chi connectivity index (χ1) is 22.0. The van der Waals surface area contributed by atoms with E-state index in [4.69, 9.17) is 11.6 Å². The van der Waals surface area contributed by atoms with Gasteiger partial charge >= 0.3 is 0 Å². The average Bonchev–Trinajstić information content (AvgIpc) is 3.40. The van der Waals surface area contributed by atoms with E-state index in [-0.39, 0.29) is 71.2 Å². The van der Waals surface area contributed by atoms with Crippen molar-refractivity contribution in [1.82, 2.24) is 10.3 Å². The maximum atomic E-state index is 14.9. The fourth-order valence-corrected chi connectivity index (χ4v) is 6.18. The first kappa shape index (κ1) is 32.5. The number of halogens is 4. The van der Waals surface area contributed by atoms with E-state index in [2.05, 4.69) is 10.3 Å². The van der Waals surface area contributed by atoms with Crippen LogP contribution in [-0.2, 0) is 14.4 Å². The normalized spacial score (nSPS) is 18.3. The largest absolute Gasteiger partial charge is 0.351 e. The topological polar surface area (TPSA) is 130 Å². The highest BCUT2D eigenvalue weighted by Crippen LogP contribution is 2.37. The highest BCUT2D eigenvalue weighted by atomic mass is 35.5. The molecule has 5 rings (SSSR count). The van der Waals surface area contributed by atoms with Crippen LogP contribution >= 0.6 is 11.6 Å². The molecule has 9 nitrogen and oxygen atoms in total. The Kier molecular flexibility index (Phi) is 9.59. The predicted molar refractivity (Wildman–Crippen MR) is 162 cm³/mol. The second-order valence-corrected chi connectivity index (χ2v) is 11.7. The summed E-state index contributed by atoms with van der Waals surface area (Å²) >= 11 is 6.56. The standard InChI is InChI=1S/C33H28ClF3N6O3/c34-27-4-2-1-3-26(27)31(32(46)41-23-7-10-33(36,37)11-8-23)43(25-14-21(19-39)13-22(35)16-25)30(45)17-24-5-6-29(44)42(24)28-15-20(18-38)9-12-40-28/h1-4,9,12-16,23-24,31H,5-8,10-11,17H2,(H,41,46)/t24-,31-/m0/s1. The molecule has 2 aromatic carbocycles. The molecule has 1 saturated heterocycles. The number of hydrogen-bond acceptors (Lipinski definition) is 6. The molecular formula is C33H28ClF3N6O3. The maximum Gasteiger partial charge on any atom is 0.248 e. The number of anilines is 2. The smallest absolute Gasteiger partial charge is 0.248 e. The van der Waals surface area contributed by atoms with Crippen LogP contribution in [0.3, 0.4) is 0 Å². The summed E-state index contributed by atoms with van der Waals surface area (Å²) in [5, 5.41) is 21.8. The Morgan fingerprint density at radius 2 is 1.78 bits per heavy atom. The van der Waals surface area contributed by atoms with E-state index in [1.54, 1.807) is 12.1 Å². The van der Waals surface area contributed by atoms with E-state index in [0.29, 0.717) is 0 Å². The van der Waals surface area contributed by atoms with E-state index in [9.17, 15) is 38.1 Å². The van der Waals surface area contributed by atoms with Gasteiger partial charge in [0.25, 0.3) is 0 Å². The van der Waals surface area contributed by atoms with Gasteiger partial charge in [-0.1, -0.05) is 29.8 Å². The molecule has 3 amide bonds. The minimum absolute atomic E-state index is 0.00831. The fraction of sp³-hybridized carbons (Fsp3) is 0.333. The van der Waals surface area contributed by atoms with Gasteiger partial charge in [-0.15, -0.1) is 0 Å². The highest BCUT2D eigenvalue weighted by molar-refractivity contribution is 6.31. The number of pyridine rings is 1. The van der Waals surface area contributed by atoms with Crippen LogP contribution in [0, 0.1) is 28.5 Å². The molecule has 0 spiro atoms. The van der Waals surface area contributed by atoms with Crippen LogP contribution in [0.1, 0.15) is 67.7 Å². The van der Waals surface area contributed by atoms with Crippen molar-refractivity contribution in [2.45, 2.75) is 69.0 Å². The summed E-state index contributed by atoms with van der Waals surface area (Å²) < 4.78 is 42.6. The Morgan fingerprint density at radius 1 is 1.07 bits per heavy atom. The van der Waals surface area contributed by atoms with Gasteiger partial charge in [0, 0.05) is 60.2 Å². The van der Waals surface area contributed by atoms with E-state index in [0.717, 1.165) is 17.0 Å². The lowest BCUT2D eigenvalue weighted by molar-refractivity contribution is -0.128. The molecule has 1 aromatic heterocycles. The molecule has 2 fully saturated rings. The van der Waals surface area contributed by atoms with Crippen molar-refractivity contribution in [3.63, 3.8) is 0 Å². The van der Waals surface area contributed by atoms with Gasteiger partial charge in [0.1, 0.15) is 17.7 Å². The molecular weight excluding hydrogens is 621 g/mol. The van der Waals surface area contributed by atoms with Gasteiger partial charge in [0.2, 0.25) is 23.6 Å². The molecule has 1 aliphatic carbocycles. The molecule has 236 valence electrons. The second kappa shape index (κ2) is 13.6. The fourth-order valence-electron chi connectivity index (χ4n) is 5.94. The predicted octanol–water partition coefficient (Wildman–Crippen LogP) is 5.97. The Hall–Kier alpha value is -4.94. The number of benzene rings is 2. The number of nitriles is 2. The van der Waals surface area contributed by atoms with Crippen molar-refractivity contribution >= 4 is 40.8 Å². The second-order valence-electron chi connectivity index (χ2n) is 11.3. The van der Waals surface area contributed by atoms with Crippen LogP contribution in [0.25, 0.3) is 0 Å². The van der Waals surface area contributed by atoms with Gasteiger partial charge in [-0.2, -0.15) is 10.5 Å². The van der Waals surface area contributed by atoms with Crippen LogP contribution in [0.5, 0.6) is 0 Å². The van der Waals surface area contributed by atoms with Crippen molar-refractivity contribution in [2.24, 2.45) is 0 Å². The lowest BCUT2D eigenvalue weighted by Gasteiger charge is -2.35. The van der Waals surface area contributed by atoms with Gasteiger partial charge in [0.15, 0.2) is 0 Å². The first-order valence-electron chi connectivity index (χ1n) is 14.6. The molecule has 1 aliphatic heterocycles. The third-order valence-corrected chi connectivity index (χ3v) is 8.53. The van der Waals surface area contributed by atoms with Crippen molar-refractivity contribution in [2.75, 3.05) is 9.80 Å². The first-order valence-corrected chi connectivity index (χ1v) is 15.0. The van der Waals surface area contributed by atoms with Crippen molar-refractivity contribution in [3.8, 4) is 12.1 Å². The van der Waals surface area contributed by atoms with E-state index >= 15 is 0 Å². The molecule has 0 bridgehead atoms. The Labute approximate surface area is 268 Å². The van der Waals surface area contributed by atoms with Crippen LogP contribution in [0.4, 0.5) is 24.7 Å². The number of rotatable bonds is 8. The number of carbonyl (C=O) groups is 3. The molecule has 2 aliphatic rings.